The molecule has 3 heteroatoms. The Kier molecular flexibility index (Phi) is 2.36. The molecule has 70 valence electrons. The van der Waals surface area contributed by atoms with Crippen molar-refractivity contribution in [1.82, 2.24) is 4.90 Å². The van der Waals surface area contributed by atoms with E-state index in [0.29, 0.717) is 11.9 Å². The molecular formula is C10H14N2S. The zero-order valence-corrected chi connectivity index (χ0v) is 8.60. The van der Waals surface area contributed by atoms with E-state index in [4.69, 9.17) is 5.41 Å². The first-order valence-electron chi connectivity index (χ1n) is 4.60. The summed E-state index contributed by atoms with van der Waals surface area (Å²) in [5, 5.41) is 11.9. The normalized spacial score (nSPS) is 15.8. The van der Waals surface area contributed by atoms with Crippen molar-refractivity contribution in [3.8, 4) is 0 Å². The second-order valence-electron chi connectivity index (χ2n) is 3.58. The van der Waals surface area contributed by atoms with Gasteiger partial charge in [0.15, 0.2) is 0 Å². The molecule has 1 aliphatic carbocycles. The Bertz CT molecular complexity index is 288. The zero-order chi connectivity index (χ0) is 9.26. The van der Waals surface area contributed by atoms with Crippen LogP contribution in [0.1, 0.15) is 25.3 Å². The van der Waals surface area contributed by atoms with Gasteiger partial charge in [-0.1, -0.05) is 0 Å². The number of hydrogen-bond acceptors (Lipinski definition) is 2. The predicted octanol–water partition coefficient (Wildman–Crippen LogP) is 2.71. The summed E-state index contributed by atoms with van der Waals surface area (Å²) in [6, 6.07) is 2.79. The summed E-state index contributed by atoms with van der Waals surface area (Å²) < 4.78 is 0. The van der Waals surface area contributed by atoms with Gasteiger partial charge in [0.1, 0.15) is 0 Å². The molecule has 13 heavy (non-hydrogen) atoms. The maximum atomic E-state index is 7.65. The van der Waals surface area contributed by atoms with Crippen LogP contribution in [0.2, 0.25) is 0 Å². The Morgan fingerprint density at radius 3 is 2.92 bits per heavy atom. The largest absolute Gasteiger partial charge is 0.353 e. The van der Waals surface area contributed by atoms with Gasteiger partial charge < -0.3 is 4.90 Å². The quantitative estimate of drug-likeness (QED) is 0.581. The molecule has 1 heterocycles. The van der Waals surface area contributed by atoms with Gasteiger partial charge in [-0.25, -0.2) is 0 Å². The molecule has 1 fully saturated rings. The first-order chi connectivity index (χ1) is 6.27. The summed E-state index contributed by atoms with van der Waals surface area (Å²) >= 11 is 1.73. The Labute approximate surface area is 82.7 Å². The fourth-order valence-electron chi connectivity index (χ4n) is 1.49. The predicted molar refractivity (Wildman–Crippen MR) is 56.3 cm³/mol. The van der Waals surface area contributed by atoms with Gasteiger partial charge in [-0.2, -0.15) is 11.3 Å². The minimum atomic E-state index is 0.650. The zero-order valence-electron chi connectivity index (χ0n) is 7.79. The summed E-state index contributed by atoms with van der Waals surface area (Å²) in [5.74, 6) is 0.703. The van der Waals surface area contributed by atoms with Crippen LogP contribution in [0.25, 0.3) is 0 Å². The lowest BCUT2D eigenvalue weighted by Crippen LogP contribution is -2.29. The van der Waals surface area contributed by atoms with E-state index >= 15 is 0 Å². The lowest BCUT2D eigenvalue weighted by Gasteiger charge is -2.22. The SMILES string of the molecule is CC(=N)N(Cc1ccsc1)C1CC1. The maximum absolute atomic E-state index is 7.65. The van der Waals surface area contributed by atoms with Gasteiger partial charge in [0.05, 0.1) is 5.84 Å². The number of rotatable bonds is 3. The van der Waals surface area contributed by atoms with Crippen LogP contribution in [0.3, 0.4) is 0 Å². The average Bonchev–Trinajstić information content (AvgIpc) is 2.79. The van der Waals surface area contributed by atoms with Crippen molar-refractivity contribution in [2.45, 2.75) is 32.4 Å². The number of hydrogen-bond donors (Lipinski definition) is 1. The van der Waals surface area contributed by atoms with Crippen molar-refractivity contribution in [1.29, 1.82) is 5.41 Å². The van der Waals surface area contributed by atoms with E-state index in [2.05, 4.69) is 21.7 Å². The minimum Gasteiger partial charge on any atom is -0.353 e. The third-order valence-corrected chi connectivity index (χ3v) is 3.08. The molecule has 1 aromatic rings. The van der Waals surface area contributed by atoms with Gasteiger partial charge in [-0.15, -0.1) is 0 Å². The number of nitrogens with zero attached hydrogens (tertiary/aromatic N) is 1. The summed E-state index contributed by atoms with van der Waals surface area (Å²) in [4.78, 5) is 2.20. The smallest absolute Gasteiger partial charge is 0.0931 e. The Morgan fingerprint density at radius 2 is 2.46 bits per heavy atom. The minimum absolute atomic E-state index is 0.650. The Hall–Kier alpha value is -0.830. The van der Waals surface area contributed by atoms with Crippen LogP contribution in [0.5, 0.6) is 0 Å². The van der Waals surface area contributed by atoms with Gasteiger partial charge in [-0.05, 0) is 42.2 Å². The first kappa shape index (κ1) is 8.75. The van der Waals surface area contributed by atoms with E-state index in [1.165, 1.54) is 18.4 Å². The van der Waals surface area contributed by atoms with E-state index in [9.17, 15) is 0 Å². The summed E-state index contributed by atoms with van der Waals surface area (Å²) in [6.07, 6.45) is 2.53. The lowest BCUT2D eigenvalue weighted by atomic mass is 10.3. The Balaban J connectivity index is 2.01. The molecule has 0 saturated heterocycles. The van der Waals surface area contributed by atoms with Crippen molar-refractivity contribution in [3.05, 3.63) is 22.4 Å². The van der Waals surface area contributed by atoms with Gasteiger partial charge >= 0.3 is 0 Å². The molecule has 1 N–H and O–H groups in total. The van der Waals surface area contributed by atoms with Gasteiger partial charge in [0.2, 0.25) is 0 Å². The van der Waals surface area contributed by atoms with E-state index < -0.39 is 0 Å². The highest BCUT2D eigenvalue weighted by Crippen LogP contribution is 2.28. The highest BCUT2D eigenvalue weighted by atomic mass is 32.1. The third kappa shape index (κ3) is 2.10. The van der Waals surface area contributed by atoms with Gasteiger partial charge in [0, 0.05) is 12.6 Å². The monoisotopic (exact) mass is 194 g/mol. The fraction of sp³-hybridized carbons (Fsp3) is 0.500. The second kappa shape index (κ2) is 3.50. The standard InChI is InChI=1S/C10H14N2S/c1-8(11)12(10-2-3-10)6-9-4-5-13-7-9/h4-5,7,10-11H,2-3,6H2,1H3. The molecule has 0 aliphatic heterocycles. The van der Waals surface area contributed by atoms with E-state index in [-0.39, 0.29) is 0 Å². The van der Waals surface area contributed by atoms with Crippen LogP contribution in [-0.2, 0) is 6.54 Å². The van der Waals surface area contributed by atoms with Crippen molar-refractivity contribution in [3.63, 3.8) is 0 Å². The van der Waals surface area contributed by atoms with Gasteiger partial charge in [0.25, 0.3) is 0 Å². The lowest BCUT2D eigenvalue weighted by molar-refractivity contribution is 0.398. The van der Waals surface area contributed by atoms with Crippen LogP contribution < -0.4 is 0 Å². The molecular weight excluding hydrogens is 180 g/mol. The van der Waals surface area contributed by atoms with Crippen molar-refractivity contribution < 1.29 is 0 Å². The van der Waals surface area contributed by atoms with E-state index in [1.807, 2.05) is 6.92 Å². The summed E-state index contributed by atoms with van der Waals surface area (Å²) in [5.41, 5.74) is 1.34. The molecule has 1 aliphatic rings. The maximum Gasteiger partial charge on any atom is 0.0931 e. The van der Waals surface area contributed by atoms with Gasteiger partial charge in [-0.3, -0.25) is 5.41 Å². The molecule has 0 radical (unpaired) electrons. The van der Waals surface area contributed by atoms with Crippen molar-refractivity contribution >= 4 is 17.2 Å². The molecule has 0 spiro atoms. The van der Waals surface area contributed by atoms with Crippen LogP contribution >= 0.6 is 11.3 Å². The topological polar surface area (TPSA) is 27.1 Å². The van der Waals surface area contributed by atoms with E-state index in [1.54, 1.807) is 11.3 Å². The summed E-state index contributed by atoms with van der Waals surface area (Å²) in [6.45, 7) is 2.80. The first-order valence-corrected chi connectivity index (χ1v) is 5.54. The molecule has 1 saturated carbocycles. The third-order valence-electron chi connectivity index (χ3n) is 2.35. The van der Waals surface area contributed by atoms with Crippen LogP contribution in [0.4, 0.5) is 0 Å². The summed E-state index contributed by atoms with van der Waals surface area (Å²) in [7, 11) is 0. The van der Waals surface area contributed by atoms with Crippen LogP contribution in [-0.4, -0.2) is 16.8 Å². The van der Waals surface area contributed by atoms with Crippen molar-refractivity contribution in [2.24, 2.45) is 0 Å². The van der Waals surface area contributed by atoms with E-state index in [0.717, 1.165) is 6.54 Å². The number of amidine groups is 1. The average molecular weight is 194 g/mol. The molecule has 0 amide bonds. The molecule has 0 bridgehead atoms. The van der Waals surface area contributed by atoms with Crippen LogP contribution in [0, 0.1) is 5.41 Å². The molecule has 0 unspecified atom stereocenters. The van der Waals surface area contributed by atoms with Crippen molar-refractivity contribution in [2.75, 3.05) is 0 Å². The Morgan fingerprint density at radius 1 is 1.69 bits per heavy atom. The second-order valence-corrected chi connectivity index (χ2v) is 4.36. The number of nitrogens with one attached hydrogen (secondary N) is 1. The molecule has 2 rings (SSSR count). The molecule has 1 aromatic heterocycles. The number of thiophene rings is 1. The fourth-order valence-corrected chi connectivity index (χ4v) is 2.15. The van der Waals surface area contributed by atoms with Crippen LogP contribution in [0.15, 0.2) is 16.8 Å². The molecule has 0 atom stereocenters. The highest BCUT2D eigenvalue weighted by Gasteiger charge is 2.29. The highest BCUT2D eigenvalue weighted by molar-refractivity contribution is 7.07. The molecule has 0 aromatic carbocycles. The molecule has 2 nitrogen and oxygen atoms in total.